The van der Waals surface area contributed by atoms with Crippen molar-refractivity contribution in [1.82, 2.24) is 24.7 Å². The highest BCUT2D eigenvalue weighted by Crippen LogP contribution is 2.38. The highest BCUT2D eigenvalue weighted by atomic mass is 35.5. The van der Waals surface area contributed by atoms with Crippen LogP contribution in [0.25, 0.3) is 5.57 Å². The molecule has 4 heterocycles. The van der Waals surface area contributed by atoms with E-state index in [4.69, 9.17) is 11.6 Å². The first-order valence-electron chi connectivity index (χ1n) is 27.6. The van der Waals surface area contributed by atoms with Crippen LogP contribution in [0.3, 0.4) is 0 Å². The Labute approximate surface area is 489 Å². The molecule has 0 spiro atoms. The largest absolute Gasteiger partial charge is 0.501 e. The van der Waals surface area contributed by atoms with Gasteiger partial charge >= 0.3 is 5.51 Å². The molecule has 5 aromatic rings. The number of anilines is 3. The van der Waals surface area contributed by atoms with Gasteiger partial charge in [0, 0.05) is 111 Å². The van der Waals surface area contributed by atoms with Crippen LogP contribution in [0.15, 0.2) is 136 Å². The summed E-state index contributed by atoms with van der Waals surface area (Å²) in [5, 5.41) is 5.90. The van der Waals surface area contributed by atoms with Gasteiger partial charge in [0.1, 0.15) is 10.9 Å². The number of benzene rings is 5. The zero-order chi connectivity index (χ0) is 58.6. The highest BCUT2D eigenvalue weighted by Gasteiger charge is 2.49. The maximum Gasteiger partial charge on any atom is 0.501 e. The second-order valence-corrected chi connectivity index (χ2v) is 26.4. The van der Waals surface area contributed by atoms with Crippen LogP contribution in [0, 0.1) is 0 Å². The third kappa shape index (κ3) is 13.6. The second-order valence-electron chi connectivity index (χ2n) is 21.3. The van der Waals surface area contributed by atoms with E-state index in [1.807, 2.05) is 52.1 Å². The smallest absolute Gasteiger partial charge is 0.380 e. The van der Waals surface area contributed by atoms with Gasteiger partial charge in [-0.05, 0) is 135 Å². The fraction of sp³-hybridized carbons (Fsp3) is 0.373. The summed E-state index contributed by atoms with van der Waals surface area (Å²) in [6.07, 6.45) is 5.90. The molecule has 3 N–H and O–H groups in total. The number of amides is 5. The molecule has 0 saturated carbocycles. The van der Waals surface area contributed by atoms with Crippen molar-refractivity contribution in [2.24, 2.45) is 0 Å². The molecule has 0 radical (unpaired) electrons. The van der Waals surface area contributed by atoms with Crippen molar-refractivity contribution in [2.45, 2.75) is 83.6 Å². The van der Waals surface area contributed by atoms with Crippen LogP contribution >= 0.6 is 23.4 Å². The molecule has 4 aliphatic heterocycles. The van der Waals surface area contributed by atoms with Gasteiger partial charge < -0.3 is 15.1 Å². The average molecular weight is 1220 g/mol. The lowest BCUT2D eigenvalue weighted by Crippen LogP contribution is -2.54. The van der Waals surface area contributed by atoms with Gasteiger partial charge in [0.05, 0.1) is 21.7 Å². The van der Waals surface area contributed by atoms with Crippen LogP contribution in [-0.2, 0) is 29.4 Å². The third-order valence-corrected chi connectivity index (χ3v) is 20.2. The Bertz CT molecular complexity index is 3540. The maximum absolute atomic E-state index is 14.5. The Balaban J connectivity index is 0.781. The standard InChI is InChI=1S/C59H62ClF3N8O9S3/c60-42-15-11-39(12-16-42)48-10-6-1-3-7-41(48)37-68-29-33-69(34-30-68)44-17-13-40(14-18-44)55(73)66-83(79,80)47-20-22-51(53(36-47)82(77,78)59(61,62)63)64-43(38-81-46-8-4-2-5-9-46)25-26-67-27-31-70(32-28-67)45-19-21-49-50(35-45)58(76)71(57(49)75)52-23-24-54(72)65-56(52)74/h2,4-5,8-9,11-22,35-36,43,52,64H,1,3,6-7,10,23-34,37-38H2,(H,66,73)(H,65,72,74). The number of sulfone groups is 1. The number of hydrogen-bond donors (Lipinski definition) is 3. The topological polar surface area (TPSA) is 206 Å². The number of carbonyl (C=O) groups is 5. The Morgan fingerprint density at radius 2 is 1.36 bits per heavy atom. The van der Waals surface area contributed by atoms with Crippen LogP contribution in [0.5, 0.6) is 0 Å². The predicted octanol–water partition coefficient (Wildman–Crippen LogP) is 8.48. The van der Waals surface area contributed by atoms with Crippen LogP contribution in [0.1, 0.15) is 88.0 Å². The Morgan fingerprint density at radius 1 is 0.711 bits per heavy atom. The van der Waals surface area contributed by atoms with Gasteiger partial charge in [0.25, 0.3) is 37.6 Å². The number of piperidine rings is 1. The molecule has 17 nitrogen and oxygen atoms in total. The van der Waals surface area contributed by atoms with Crippen LogP contribution in [0.4, 0.5) is 30.2 Å². The molecule has 83 heavy (non-hydrogen) atoms. The second kappa shape index (κ2) is 25.2. The van der Waals surface area contributed by atoms with E-state index in [2.05, 4.69) is 37.5 Å². The Hall–Kier alpha value is -6.76. The molecule has 3 saturated heterocycles. The fourth-order valence-electron chi connectivity index (χ4n) is 11.3. The van der Waals surface area contributed by atoms with Crippen molar-refractivity contribution in [2.75, 3.05) is 86.3 Å². The van der Waals surface area contributed by atoms with Gasteiger partial charge in [0.2, 0.25) is 11.8 Å². The summed E-state index contributed by atoms with van der Waals surface area (Å²) in [4.78, 5) is 73.0. The minimum atomic E-state index is -6.17. The van der Waals surface area contributed by atoms with E-state index in [1.165, 1.54) is 47.0 Å². The SMILES string of the molecule is O=C1CCC(N2C(=O)c3ccc(N4CCN(CCC(CSc5ccccc5)Nc5ccc(S(=O)(=O)NC(=O)c6ccc(N7CCN(CC8=C(c9ccc(Cl)cc9)CCCCC8)CC7)cc6)cc5S(=O)(=O)C(F)(F)F)CC4)cc3C2=O)C(=O)N1. The molecule has 3 fully saturated rings. The van der Waals surface area contributed by atoms with E-state index in [0.717, 1.165) is 86.0 Å². The number of rotatable bonds is 18. The molecule has 24 heteroatoms. The summed E-state index contributed by atoms with van der Waals surface area (Å²) in [5.41, 5.74) is -0.459. The summed E-state index contributed by atoms with van der Waals surface area (Å²) in [5.74, 6) is -3.21. The summed E-state index contributed by atoms with van der Waals surface area (Å²) in [6.45, 7) is 6.35. The zero-order valence-corrected chi connectivity index (χ0v) is 48.4. The number of piperazine rings is 2. The monoisotopic (exact) mass is 1210 g/mol. The first-order valence-corrected chi connectivity index (χ1v) is 31.9. The lowest BCUT2D eigenvalue weighted by molar-refractivity contribution is -0.136. The van der Waals surface area contributed by atoms with E-state index < -0.39 is 82.5 Å². The van der Waals surface area contributed by atoms with Crippen LogP contribution < -0.4 is 25.2 Å². The molecule has 5 amide bonds. The molecule has 5 aliphatic rings. The van der Waals surface area contributed by atoms with E-state index in [-0.39, 0.29) is 35.3 Å². The number of fused-ring (bicyclic) bond motifs is 1. The van der Waals surface area contributed by atoms with Crippen molar-refractivity contribution in [1.29, 1.82) is 0 Å². The Kier molecular flexibility index (Phi) is 18.0. The number of sulfonamides is 1. The highest BCUT2D eigenvalue weighted by molar-refractivity contribution is 7.99. The maximum atomic E-state index is 14.5. The number of nitrogens with one attached hydrogen (secondary N) is 3. The Morgan fingerprint density at radius 3 is 2.05 bits per heavy atom. The number of alkyl halides is 3. The molecule has 2 unspecified atom stereocenters. The number of thioether (sulfide) groups is 1. The first-order chi connectivity index (χ1) is 39.7. The minimum absolute atomic E-state index is 0.00405. The average Bonchev–Trinajstić information content (AvgIpc) is 2.48. The lowest BCUT2D eigenvalue weighted by Gasteiger charge is -2.37. The molecule has 5 aromatic carbocycles. The van der Waals surface area contributed by atoms with Gasteiger partial charge in [-0.3, -0.25) is 44.0 Å². The van der Waals surface area contributed by atoms with Crippen LogP contribution in [-0.4, -0.2) is 150 Å². The fourth-order valence-corrected chi connectivity index (χ4v) is 14.4. The molecule has 1 aliphatic carbocycles. The molecule has 0 aromatic heterocycles. The minimum Gasteiger partial charge on any atom is -0.380 e. The first kappa shape index (κ1) is 59.4. The van der Waals surface area contributed by atoms with Gasteiger partial charge in [-0.25, -0.2) is 21.6 Å². The molecular formula is C59H62ClF3N8O9S3. The molecule has 438 valence electrons. The quantitative estimate of drug-likeness (QED) is 0.0556. The molecular weight excluding hydrogens is 1150 g/mol. The van der Waals surface area contributed by atoms with E-state index in [1.54, 1.807) is 30.3 Å². The van der Waals surface area contributed by atoms with Gasteiger partial charge in [-0.15, -0.1) is 11.8 Å². The number of nitrogens with zero attached hydrogens (tertiary/aromatic N) is 5. The van der Waals surface area contributed by atoms with Crippen molar-refractivity contribution in [3.05, 3.63) is 148 Å². The van der Waals surface area contributed by atoms with Crippen LogP contribution in [0.2, 0.25) is 5.02 Å². The molecule has 0 bridgehead atoms. The summed E-state index contributed by atoms with van der Waals surface area (Å²) >= 11 is 7.59. The van der Waals surface area contributed by atoms with Crippen molar-refractivity contribution < 1.29 is 54.0 Å². The zero-order valence-electron chi connectivity index (χ0n) is 45.2. The third-order valence-electron chi connectivity index (χ3n) is 15.9. The van der Waals surface area contributed by atoms with Gasteiger partial charge in [-0.1, -0.05) is 53.9 Å². The number of allylic oxidation sites excluding steroid dienone is 1. The van der Waals surface area contributed by atoms with Gasteiger partial charge in [-0.2, -0.15) is 13.2 Å². The summed E-state index contributed by atoms with van der Waals surface area (Å²) < 4.78 is 99.7. The molecule has 10 rings (SSSR count). The van der Waals surface area contributed by atoms with Gasteiger partial charge in [0.15, 0.2) is 0 Å². The van der Waals surface area contributed by atoms with Crippen molar-refractivity contribution >= 4 is 95.4 Å². The number of carbonyl (C=O) groups excluding carboxylic acids is 5. The van der Waals surface area contributed by atoms with Crippen molar-refractivity contribution in [3.63, 3.8) is 0 Å². The number of imide groups is 2. The summed E-state index contributed by atoms with van der Waals surface area (Å²) in [6, 6.07) is 29.1. The number of hydrogen-bond acceptors (Lipinski definition) is 15. The normalized spacial score (nSPS) is 19.1. The molecule has 2 atom stereocenters. The number of halogens is 4. The summed E-state index contributed by atoms with van der Waals surface area (Å²) in [7, 11) is -11.1. The van der Waals surface area contributed by atoms with E-state index in [9.17, 15) is 54.0 Å². The lowest BCUT2D eigenvalue weighted by atomic mass is 9.95. The van der Waals surface area contributed by atoms with E-state index >= 15 is 0 Å². The van der Waals surface area contributed by atoms with Crippen molar-refractivity contribution in [3.8, 4) is 0 Å². The van der Waals surface area contributed by atoms with E-state index in [0.29, 0.717) is 55.9 Å². The predicted molar refractivity (Wildman–Crippen MR) is 312 cm³/mol.